The van der Waals surface area contributed by atoms with E-state index in [9.17, 15) is 19.5 Å². The number of aromatic carboxylic acids is 1. The first-order valence-corrected chi connectivity index (χ1v) is 9.87. The maximum absolute atomic E-state index is 13.0. The third kappa shape index (κ3) is 3.93. The monoisotopic (exact) mass is 423 g/mol. The number of fused-ring (bicyclic) bond motifs is 1. The Kier molecular flexibility index (Phi) is 5.82. The van der Waals surface area contributed by atoms with E-state index in [2.05, 4.69) is 20.5 Å². The quantitative estimate of drug-likeness (QED) is 0.588. The summed E-state index contributed by atoms with van der Waals surface area (Å²) in [5.74, 6) is -1.44. The van der Waals surface area contributed by atoms with Crippen LogP contribution in [0.4, 0.5) is 5.13 Å². The zero-order valence-electron chi connectivity index (χ0n) is 15.3. The standard InChI is InChI=1S/C16H17N5O5S2/c1-7(2)12-18-13-11(8(6-27-13)15(24)25)14(23)21(12)4-9(22)17-16-20-19-10(28-16)5-26-3/h6-7H,4-5H2,1-3H3,(H,24,25)(H,17,20,22). The summed E-state index contributed by atoms with van der Waals surface area (Å²) in [4.78, 5) is 41.6. The number of thiophene rings is 1. The van der Waals surface area contributed by atoms with E-state index in [-0.39, 0.29) is 35.2 Å². The highest BCUT2D eigenvalue weighted by atomic mass is 32.1. The van der Waals surface area contributed by atoms with Gasteiger partial charge in [-0.15, -0.1) is 21.5 Å². The number of hydrogen-bond donors (Lipinski definition) is 2. The smallest absolute Gasteiger partial charge is 0.337 e. The number of nitrogens with one attached hydrogen (secondary N) is 1. The third-order valence-electron chi connectivity index (χ3n) is 3.75. The molecule has 0 aliphatic heterocycles. The van der Waals surface area contributed by atoms with E-state index < -0.39 is 17.4 Å². The first-order chi connectivity index (χ1) is 13.3. The number of anilines is 1. The molecule has 0 spiro atoms. The molecule has 0 unspecified atom stereocenters. The van der Waals surface area contributed by atoms with Crippen molar-refractivity contribution < 1.29 is 19.4 Å². The van der Waals surface area contributed by atoms with Gasteiger partial charge in [0, 0.05) is 18.4 Å². The van der Waals surface area contributed by atoms with Gasteiger partial charge in [0.15, 0.2) is 0 Å². The minimum absolute atomic E-state index is 0.00740. The van der Waals surface area contributed by atoms with Crippen molar-refractivity contribution in [2.24, 2.45) is 0 Å². The maximum atomic E-state index is 13.0. The zero-order valence-corrected chi connectivity index (χ0v) is 16.9. The molecule has 0 aliphatic carbocycles. The summed E-state index contributed by atoms with van der Waals surface area (Å²) in [6.45, 7) is 3.65. The van der Waals surface area contributed by atoms with Crippen LogP contribution >= 0.6 is 22.7 Å². The summed E-state index contributed by atoms with van der Waals surface area (Å²) >= 11 is 2.25. The number of carboxylic acids is 1. The summed E-state index contributed by atoms with van der Waals surface area (Å²) in [5, 5.41) is 21.9. The highest BCUT2D eigenvalue weighted by Crippen LogP contribution is 2.24. The molecule has 10 nitrogen and oxygen atoms in total. The number of carbonyl (C=O) groups excluding carboxylic acids is 1. The Bertz CT molecular complexity index is 1100. The molecule has 0 radical (unpaired) electrons. The van der Waals surface area contributed by atoms with E-state index in [1.54, 1.807) is 0 Å². The van der Waals surface area contributed by atoms with E-state index in [0.717, 1.165) is 22.7 Å². The Morgan fingerprint density at radius 1 is 1.36 bits per heavy atom. The van der Waals surface area contributed by atoms with Gasteiger partial charge in [0.2, 0.25) is 11.0 Å². The molecule has 0 saturated heterocycles. The van der Waals surface area contributed by atoms with Crippen LogP contribution in [0.5, 0.6) is 0 Å². The molecular weight excluding hydrogens is 406 g/mol. The molecule has 0 aliphatic rings. The fourth-order valence-corrected chi connectivity index (χ4v) is 4.22. The van der Waals surface area contributed by atoms with Crippen molar-refractivity contribution in [1.82, 2.24) is 19.7 Å². The van der Waals surface area contributed by atoms with Crippen LogP contribution in [-0.2, 0) is 22.7 Å². The molecule has 3 heterocycles. The number of hydrogen-bond acceptors (Lipinski definition) is 9. The second-order valence-electron chi connectivity index (χ2n) is 6.13. The van der Waals surface area contributed by atoms with Crippen LogP contribution in [0, 0.1) is 0 Å². The number of aromatic nitrogens is 4. The number of methoxy groups -OCH3 is 1. The minimum atomic E-state index is -1.21. The van der Waals surface area contributed by atoms with Gasteiger partial charge in [-0.3, -0.25) is 19.5 Å². The topological polar surface area (TPSA) is 136 Å². The van der Waals surface area contributed by atoms with Crippen LogP contribution < -0.4 is 10.9 Å². The Balaban J connectivity index is 1.96. The summed E-state index contributed by atoms with van der Waals surface area (Å²) in [6, 6.07) is 0. The highest BCUT2D eigenvalue weighted by Gasteiger charge is 2.22. The molecule has 0 atom stereocenters. The summed E-state index contributed by atoms with van der Waals surface area (Å²) in [6.07, 6.45) is 0. The first kappa shape index (κ1) is 20.0. The Morgan fingerprint density at radius 2 is 2.11 bits per heavy atom. The molecule has 28 heavy (non-hydrogen) atoms. The van der Waals surface area contributed by atoms with Crippen LogP contribution in [0.1, 0.15) is 41.0 Å². The largest absolute Gasteiger partial charge is 0.478 e. The van der Waals surface area contributed by atoms with Crippen molar-refractivity contribution in [1.29, 1.82) is 0 Å². The molecule has 0 fully saturated rings. The number of ether oxygens (including phenoxy) is 1. The highest BCUT2D eigenvalue weighted by molar-refractivity contribution is 7.17. The lowest BCUT2D eigenvalue weighted by atomic mass is 10.2. The van der Waals surface area contributed by atoms with Crippen LogP contribution in [0.15, 0.2) is 10.2 Å². The molecule has 3 aromatic heterocycles. The van der Waals surface area contributed by atoms with Gasteiger partial charge < -0.3 is 9.84 Å². The van der Waals surface area contributed by atoms with Crippen LogP contribution in [0.2, 0.25) is 0 Å². The molecule has 0 saturated carbocycles. The minimum Gasteiger partial charge on any atom is -0.478 e. The average Bonchev–Trinajstić information content (AvgIpc) is 3.24. The van der Waals surface area contributed by atoms with Gasteiger partial charge in [-0.1, -0.05) is 25.2 Å². The van der Waals surface area contributed by atoms with Crippen molar-refractivity contribution in [2.45, 2.75) is 32.9 Å². The van der Waals surface area contributed by atoms with Gasteiger partial charge >= 0.3 is 5.97 Å². The van der Waals surface area contributed by atoms with Crippen molar-refractivity contribution in [3.05, 3.63) is 32.1 Å². The van der Waals surface area contributed by atoms with E-state index in [1.807, 2.05) is 13.8 Å². The fraction of sp³-hybridized carbons (Fsp3) is 0.375. The number of amides is 1. The molecule has 2 N–H and O–H groups in total. The summed E-state index contributed by atoms with van der Waals surface area (Å²) < 4.78 is 6.16. The Labute approximate surface area is 166 Å². The van der Waals surface area contributed by atoms with E-state index in [1.165, 1.54) is 17.1 Å². The second-order valence-corrected chi connectivity index (χ2v) is 8.05. The molecule has 3 rings (SSSR count). The van der Waals surface area contributed by atoms with Gasteiger partial charge in [-0.2, -0.15) is 0 Å². The van der Waals surface area contributed by atoms with Gasteiger partial charge in [-0.25, -0.2) is 9.78 Å². The lowest BCUT2D eigenvalue weighted by Gasteiger charge is -2.14. The van der Waals surface area contributed by atoms with Crippen molar-refractivity contribution in [3.8, 4) is 0 Å². The third-order valence-corrected chi connectivity index (χ3v) is 5.44. The molecule has 148 valence electrons. The SMILES string of the molecule is COCc1nnc(NC(=O)Cn2c(C(C)C)nc3scc(C(=O)O)c3c2=O)s1. The van der Waals surface area contributed by atoms with Crippen molar-refractivity contribution in [2.75, 3.05) is 12.4 Å². The first-order valence-electron chi connectivity index (χ1n) is 8.18. The zero-order chi connectivity index (χ0) is 20.4. The van der Waals surface area contributed by atoms with Crippen LogP contribution in [-0.4, -0.2) is 43.8 Å². The predicted molar refractivity (Wildman–Crippen MR) is 104 cm³/mol. The molecular formula is C16H17N5O5S2. The van der Waals surface area contributed by atoms with Crippen LogP contribution in [0.25, 0.3) is 10.2 Å². The van der Waals surface area contributed by atoms with Gasteiger partial charge in [0.05, 0.1) is 10.9 Å². The molecule has 1 amide bonds. The molecule has 0 aromatic carbocycles. The fourth-order valence-electron chi connectivity index (χ4n) is 2.58. The summed E-state index contributed by atoms with van der Waals surface area (Å²) in [7, 11) is 1.53. The van der Waals surface area contributed by atoms with Crippen LogP contribution in [0.3, 0.4) is 0 Å². The van der Waals surface area contributed by atoms with E-state index >= 15 is 0 Å². The lowest BCUT2D eigenvalue weighted by molar-refractivity contribution is -0.116. The van der Waals surface area contributed by atoms with E-state index in [4.69, 9.17) is 4.74 Å². The van der Waals surface area contributed by atoms with Crippen molar-refractivity contribution >= 4 is 49.9 Å². The van der Waals surface area contributed by atoms with Crippen molar-refractivity contribution in [3.63, 3.8) is 0 Å². The van der Waals surface area contributed by atoms with Gasteiger partial charge in [0.1, 0.15) is 28.8 Å². The normalized spacial score (nSPS) is 11.3. The summed E-state index contributed by atoms with van der Waals surface area (Å²) in [5.41, 5.74) is -0.671. The van der Waals surface area contributed by atoms with E-state index in [0.29, 0.717) is 15.7 Å². The Morgan fingerprint density at radius 3 is 2.75 bits per heavy atom. The number of carbonyl (C=O) groups is 2. The predicted octanol–water partition coefficient (Wildman–Crippen LogP) is 1.92. The number of nitrogens with zero attached hydrogens (tertiary/aromatic N) is 4. The van der Waals surface area contributed by atoms with Gasteiger partial charge in [-0.05, 0) is 0 Å². The second kappa shape index (κ2) is 8.12. The van der Waals surface area contributed by atoms with Gasteiger partial charge in [0.25, 0.3) is 5.56 Å². The average molecular weight is 423 g/mol. The number of carboxylic acid groups (broad SMARTS) is 1. The molecule has 0 bridgehead atoms. The Hall–Kier alpha value is -2.70. The number of rotatable bonds is 7. The molecule has 3 aromatic rings. The molecule has 12 heteroatoms. The maximum Gasteiger partial charge on any atom is 0.337 e. The lowest BCUT2D eigenvalue weighted by Crippen LogP contribution is -2.32.